The number of hydrogen-bond acceptors (Lipinski definition) is 4. The Bertz CT molecular complexity index is 727. The predicted octanol–water partition coefficient (Wildman–Crippen LogP) is 3.49. The highest BCUT2D eigenvalue weighted by atomic mass is 35.5. The third-order valence-corrected chi connectivity index (χ3v) is 3.87. The average molecular weight is 315 g/mol. The average Bonchev–Trinajstić information content (AvgIpc) is 2.54. The van der Waals surface area contributed by atoms with Crippen molar-refractivity contribution >= 4 is 17.3 Å². The van der Waals surface area contributed by atoms with Crippen LogP contribution in [0.5, 0.6) is 11.5 Å². The van der Waals surface area contributed by atoms with Crippen molar-refractivity contribution in [3.8, 4) is 17.6 Å². The van der Waals surface area contributed by atoms with Crippen LogP contribution in [0.25, 0.3) is 0 Å². The van der Waals surface area contributed by atoms with Gasteiger partial charge in [0.05, 0.1) is 17.1 Å². The van der Waals surface area contributed by atoms with Gasteiger partial charge in [-0.1, -0.05) is 23.7 Å². The first-order valence-corrected chi connectivity index (χ1v) is 7.34. The van der Waals surface area contributed by atoms with Gasteiger partial charge in [0.25, 0.3) is 0 Å². The van der Waals surface area contributed by atoms with Crippen LogP contribution in [-0.4, -0.2) is 26.3 Å². The van der Waals surface area contributed by atoms with Gasteiger partial charge in [0.2, 0.25) is 0 Å². The molecule has 1 heterocycles. The molecule has 0 N–H and O–H groups in total. The van der Waals surface area contributed by atoms with E-state index in [4.69, 9.17) is 26.3 Å². The van der Waals surface area contributed by atoms with Crippen molar-refractivity contribution in [2.45, 2.75) is 6.10 Å². The molecule has 3 rings (SSSR count). The van der Waals surface area contributed by atoms with Crippen LogP contribution in [0.1, 0.15) is 5.56 Å². The molecule has 0 bridgehead atoms. The number of ether oxygens (including phenoxy) is 2. The summed E-state index contributed by atoms with van der Waals surface area (Å²) in [6, 6.07) is 15.1. The summed E-state index contributed by atoms with van der Waals surface area (Å²) in [7, 11) is 1.96. The molecule has 1 aliphatic heterocycles. The number of nitriles is 1. The van der Waals surface area contributed by atoms with Crippen LogP contribution in [0.3, 0.4) is 0 Å². The standard InChI is InChI=1S/C17H15ClN2O2/c1-20(13-7-6-12(9-19)15(18)8-13)10-14-11-21-16-4-2-3-5-17(16)22-14/h2-8,14H,10-11H2,1H3. The molecule has 0 saturated carbocycles. The number of halogens is 1. The molecule has 0 spiro atoms. The lowest BCUT2D eigenvalue weighted by Crippen LogP contribution is -2.39. The topological polar surface area (TPSA) is 45.5 Å². The van der Waals surface area contributed by atoms with Crippen molar-refractivity contribution in [3.63, 3.8) is 0 Å². The van der Waals surface area contributed by atoms with Gasteiger partial charge in [0, 0.05) is 12.7 Å². The number of fused-ring (bicyclic) bond motifs is 1. The molecule has 0 saturated heterocycles. The summed E-state index contributed by atoms with van der Waals surface area (Å²) in [5, 5.41) is 9.37. The summed E-state index contributed by atoms with van der Waals surface area (Å²) in [6.07, 6.45) is -0.0608. The lowest BCUT2D eigenvalue weighted by molar-refractivity contribution is 0.0960. The monoisotopic (exact) mass is 314 g/mol. The van der Waals surface area contributed by atoms with Crippen LogP contribution in [0, 0.1) is 11.3 Å². The fraction of sp³-hybridized carbons (Fsp3) is 0.235. The third-order valence-electron chi connectivity index (χ3n) is 3.56. The van der Waals surface area contributed by atoms with Crippen molar-refractivity contribution in [2.24, 2.45) is 0 Å². The molecule has 1 unspecified atom stereocenters. The van der Waals surface area contributed by atoms with E-state index in [1.54, 1.807) is 12.1 Å². The van der Waals surface area contributed by atoms with Gasteiger partial charge < -0.3 is 14.4 Å². The molecular formula is C17H15ClN2O2. The van der Waals surface area contributed by atoms with Crippen molar-refractivity contribution in [3.05, 3.63) is 53.1 Å². The molecule has 1 atom stereocenters. The van der Waals surface area contributed by atoms with Crippen LogP contribution in [0.4, 0.5) is 5.69 Å². The fourth-order valence-electron chi connectivity index (χ4n) is 2.40. The van der Waals surface area contributed by atoms with E-state index >= 15 is 0 Å². The Morgan fingerprint density at radius 3 is 2.77 bits per heavy atom. The Balaban J connectivity index is 1.69. The molecule has 1 aliphatic rings. The van der Waals surface area contributed by atoms with Crippen molar-refractivity contribution < 1.29 is 9.47 Å². The van der Waals surface area contributed by atoms with Gasteiger partial charge in [0.1, 0.15) is 12.7 Å². The van der Waals surface area contributed by atoms with Gasteiger partial charge in [0.15, 0.2) is 17.6 Å². The zero-order chi connectivity index (χ0) is 15.5. The van der Waals surface area contributed by atoms with Crippen LogP contribution in [0.2, 0.25) is 5.02 Å². The van der Waals surface area contributed by atoms with Gasteiger partial charge in [-0.2, -0.15) is 5.26 Å². The Hall–Kier alpha value is -2.38. The number of benzene rings is 2. The fourth-order valence-corrected chi connectivity index (χ4v) is 2.61. The van der Waals surface area contributed by atoms with E-state index < -0.39 is 0 Å². The minimum absolute atomic E-state index is 0.0608. The van der Waals surface area contributed by atoms with Gasteiger partial charge in [-0.3, -0.25) is 0 Å². The number of anilines is 1. The number of rotatable bonds is 3. The van der Waals surface area contributed by atoms with E-state index in [-0.39, 0.29) is 6.10 Å². The Labute approximate surface area is 134 Å². The molecule has 0 radical (unpaired) electrons. The second-order valence-corrected chi connectivity index (χ2v) is 5.56. The summed E-state index contributed by atoms with van der Waals surface area (Å²) < 4.78 is 11.7. The first-order chi connectivity index (χ1) is 10.7. The second-order valence-electron chi connectivity index (χ2n) is 5.15. The highest BCUT2D eigenvalue weighted by molar-refractivity contribution is 6.32. The quantitative estimate of drug-likeness (QED) is 0.870. The lowest BCUT2D eigenvalue weighted by atomic mass is 10.2. The number of hydrogen-bond donors (Lipinski definition) is 0. The number of likely N-dealkylation sites (N-methyl/N-ethyl adjacent to an activating group) is 1. The second kappa shape index (κ2) is 6.17. The lowest BCUT2D eigenvalue weighted by Gasteiger charge is -2.30. The molecule has 4 nitrogen and oxygen atoms in total. The minimum Gasteiger partial charge on any atom is -0.486 e. The Kier molecular flexibility index (Phi) is 4.08. The SMILES string of the molecule is CN(CC1COc2ccccc2O1)c1ccc(C#N)c(Cl)c1. The van der Waals surface area contributed by atoms with E-state index in [1.807, 2.05) is 42.3 Å². The highest BCUT2D eigenvalue weighted by Gasteiger charge is 2.22. The normalized spacial score (nSPS) is 16.0. The molecule has 22 heavy (non-hydrogen) atoms. The van der Waals surface area contributed by atoms with Crippen LogP contribution in [0.15, 0.2) is 42.5 Å². The summed E-state index contributed by atoms with van der Waals surface area (Å²) in [5.74, 6) is 1.55. The zero-order valence-corrected chi connectivity index (χ0v) is 12.9. The predicted molar refractivity (Wildman–Crippen MR) is 85.8 cm³/mol. The molecule has 5 heteroatoms. The van der Waals surface area contributed by atoms with Crippen molar-refractivity contribution in [1.29, 1.82) is 5.26 Å². The molecule has 2 aromatic rings. The van der Waals surface area contributed by atoms with Crippen molar-refractivity contribution in [2.75, 3.05) is 25.1 Å². The Morgan fingerprint density at radius 1 is 1.27 bits per heavy atom. The third kappa shape index (κ3) is 2.95. The molecule has 0 fully saturated rings. The first-order valence-electron chi connectivity index (χ1n) is 6.96. The van der Waals surface area contributed by atoms with Crippen LogP contribution >= 0.6 is 11.6 Å². The number of nitrogens with zero attached hydrogens (tertiary/aromatic N) is 2. The minimum atomic E-state index is -0.0608. The summed E-state index contributed by atoms with van der Waals surface area (Å²) >= 11 is 6.08. The maximum absolute atomic E-state index is 8.92. The highest BCUT2D eigenvalue weighted by Crippen LogP contribution is 2.31. The van der Waals surface area contributed by atoms with E-state index in [2.05, 4.69) is 6.07 Å². The molecule has 112 valence electrons. The Morgan fingerprint density at radius 2 is 2.05 bits per heavy atom. The summed E-state index contributed by atoms with van der Waals surface area (Å²) in [4.78, 5) is 2.04. The summed E-state index contributed by atoms with van der Waals surface area (Å²) in [5.41, 5.74) is 1.41. The van der Waals surface area contributed by atoms with Crippen LogP contribution < -0.4 is 14.4 Å². The first kappa shape index (κ1) is 14.6. The molecule has 0 aromatic heterocycles. The van der Waals surface area contributed by atoms with Crippen molar-refractivity contribution in [1.82, 2.24) is 0 Å². The van der Waals surface area contributed by atoms with Gasteiger partial charge in [-0.05, 0) is 30.3 Å². The van der Waals surface area contributed by atoms with E-state index in [1.165, 1.54) is 0 Å². The van der Waals surface area contributed by atoms with Crippen LogP contribution in [-0.2, 0) is 0 Å². The van der Waals surface area contributed by atoms with E-state index in [0.29, 0.717) is 23.7 Å². The zero-order valence-electron chi connectivity index (χ0n) is 12.1. The van der Waals surface area contributed by atoms with Gasteiger partial charge in [-0.25, -0.2) is 0 Å². The molecule has 0 amide bonds. The smallest absolute Gasteiger partial charge is 0.161 e. The van der Waals surface area contributed by atoms with Gasteiger partial charge >= 0.3 is 0 Å². The maximum atomic E-state index is 8.92. The summed E-state index contributed by atoms with van der Waals surface area (Å²) in [6.45, 7) is 1.17. The molecule has 2 aromatic carbocycles. The molecule has 0 aliphatic carbocycles. The number of para-hydroxylation sites is 2. The largest absolute Gasteiger partial charge is 0.486 e. The van der Waals surface area contributed by atoms with E-state index in [0.717, 1.165) is 17.2 Å². The molecular weight excluding hydrogens is 300 g/mol. The maximum Gasteiger partial charge on any atom is 0.161 e. The van der Waals surface area contributed by atoms with Gasteiger partial charge in [-0.15, -0.1) is 0 Å². The van der Waals surface area contributed by atoms with E-state index in [9.17, 15) is 0 Å².